The molecule has 3 N–H and O–H groups in total. The maximum atomic E-state index is 15.3. The molecule has 0 unspecified atom stereocenters. The number of alkyl halides is 2. The zero-order valence-corrected chi connectivity index (χ0v) is 18.3. The number of fused-ring (bicyclic) bond motifs is 2. The van der Waals surface area contributed by atoms with Gasteiger partial charge < -0.3 is 16.0 Å². The number of primary amides is 1. The summed E-state index contributed by atoms with van der Waals surface area (Å²) in [5, 5.41) is 2.44. The van der Waals surface area contributed by atoms with Crippen molar-refractivity contribution in [1.29, 1.82) is 0 Å². The number of hydrogen-bond acceptors (Lipinski definition) is 3. The number of anilines is 1. The number of carbonyl (C=O) groups excluding carboxylic acids is 3. The Hall–Kier alpha value is -3.43. The Balaban J connectivity index is 1.58. The molecule has 2 saturated heterocycles. The summed E-state index contributed by atoms with van der Waals surface area (Å²) in [7, 11) is 0. The summed E-state index contributed by atoms with van der Waals surface area (Å²) in [6, 6.07) is 5.02. The Labute approximate surface area is 193 Å². The van der Waals surface area contributed by atoms with E-state index in [1.807, 2.05) is 0 Å². The molecule has 2 aromatic rings. The molecule has 10 heteroatoms. The van der Waals surface area contributed by atoms with Crippen molar-refractivity contribution < 1.29 is 31.9 Å². The minimum absolute atomic E-state index is 0.190. The SMILES string of the molecule is Cc1cc(NC(=O)c2ccc(F)c(C(F)(F)C(=O)N3[C@@H]4CC[C@H]3C[C@H](C(N)=O)C4)c2)ccc1F. The highest BCUT2D eigenvalue weighted by atomic mass is 19.3. The molecule has 2 fully saturated rings. The quantitative estimate of drug-likeness (QED) is 0.641. The molecule has 0 radical (unpaired) electrons. The van der Waals surface area contributed by atoms with E-state index in [2.05, 4.69) is 5.32 Å². The first-order valence-corrected chi connectivity index (χ1v) is 10.9. The van der Waals surface area contributed by atoms with Gasteiger partial charge in [-0.25, -0.2) is 8.78 Å². The van der Waals surface area contributed by atoms with Gasteiger partial charge in [0.1, 0.15) is 11.6 Å². The van der Waals surface area contributed by atoms with Crippen molar-refractivity contribution in [3.8, 4) is 0 Å². The Kier molecular flexibility index (Phi) is 6.09. The fourth-order valence-electron chi connectivity index (χ4n) is 4.85. The van der Waals surface area contributed by atoms with Crippen LogP contribution >= 0.6 is 0 Å². The molecular weight excluding hydrogens is 454 g/mol. The molecule has 0 saturated carbocycles. The van der Waals surface area contributed by atoms with E-state index in [1.54, 1.807) is 0 Å². The third-order valence-corrected chi connectivity index (χ3v) is 6.62. The molecular formula is C24H23F4N3O3. The number of piperidine rings is 1. The number of amides is 3. The Morgan fingerprint density at radius 3 is 2.21 bits per heavy atom. The number of benzene rings is 2. The van der Waals surface area contributed by atoms with Crippen molar-refractivity contribution in [2.24, 2.45) is 11.7 Å². The maximum absolute atomic E-state index is 15.3. The van der Waals surface area contributed by atoms with E-state index in [0.29, 0.717) is 25.0 Å². The third kappa shape index (κ3) is 4.24. The van der Waals surface area contributed by atoms with Gasteiger partial charge in [0, 0.05) is 29.3 Å². The number of aryl methyl sites for hydroxylation is 1. The molecule has 4 rings (SSSR count). The summed E-state index contributed by atoms with van der Waals surface area (Å²) in [4.78, 5) is 38.1. The molecule has 3 atom stereocenters. The highest BCUT2D eigenvalue weighted by Crippen LogP contribution is 2.43. The zero-order valence-electron chi connectivity index (χ0n) is 18.3. The standard InChI is InChI=1S/C24H23F4N3O3/c1-12-8-15(3-7-19(12)25)30-22(33)13-2-6-20(26)18(11-13)24(27,28)23(34)31-16-4-5-17(31)10-14(9-16)21(29)32/h2-3,6-8,11,14,16-17H,4-5,9-10H2,1H3,(H2,29,32)(H,30,33)/t14-,16-,17+. The van der Waals surface area contributed by atoms with Gasteiger partial charge in [0.2, 0.25) is 5.91 Å². The lowest BCUT2D eigenvalue weighted by atomic mass is 9.89. The number of nitrogens with zero attached hydrogens (tertiary/aromatic N) is 1. The monoisotopic (exact) mass is 477 g/mol. The average molecular weight is 477 g/mol. The fourth-order valence-corrected chi connectivity index (χ4v) is 4.85. The van der Waals surface area contributed by atoms with Crippen molar-refractivity contribution in [3.63, 3.8) is 0 Å². The van der Waals surface area contributed by atoms with Gasteiger partial charge in [0.05, 0.1) is 5.56 Å². The summed E-state index contributed by atoms with van der Waals surface area (Å²) in [5.41, 5.74) is 4.35. The number of halogens is 4. The van der Waals surface area contributed by atoms with Crippen LogP contribution in [0.4, 0.5) is 23.2 Å². The second kappa shape index (κ2) is 8.73. The van der Waals surface area contributed by atoms with E-state index in [4.69, 9.17) is 5.73 Å². The van der Waals surface area contributed by atoms with E-state index in [1.165, 1.54) is 19.1 Å². The van der Waals surface area contributed by atoms with Crippen LogP contribution in [0.3, 0.4) is 0 Å². The van der Waals surface area contributed by atoms with Crippen molar-refractivity contribution in [3.05, 3.63) is 64.7 Å². The first kappa shape index (κ1) is 23.7. The van der Waals surface area contributed by atoms with E-state index in [-0.39, 0.29) is 29.7 Å². The molecule has 3 amide bonds. The minimum Gasteiger partial charge on any atom is -0.369 e. The number of carbonyl (C=O) groups is 3. The van der Waals surface area contributed by atoms with Crippen LogP contribution < -0.4 is 11.1 Å². The van der Waals surface area contributed by atoms with Crippen LogP contribution in [0.1, 0.15) is 47.2 Å². The topological polar surface area (TPSA) is 92.5 Å². The number of nitrogens with two attached hydrogens (primary N) is 1. The van der Waals surface area contributed by atoms with Gasteiger partial charge in [-0.1, -0.05) is 0 Å². The van der Waals surface area contributed by atoms with Gasteiger partial charge in [-0.2, -0.15) is 8.78 Å². The minimum atomic E-state index is -4.23. The molecule has 2 aliphatic heterocycles. The number of nitrogens with one attached hydrogen (secondary N) is 1. The maximum Gasteiger partial charge on any atom is 0.352 e. The third-order valence-electron chi connectivity index (χ3n) is 6.62. The van der Waals surface area contributed by atoms with E-state index in [0.717, 1.165) is 17.0 Å². The van der Waals surface area contributed by atoms with Crippen molar-refractivity contribution >= 4 is 23.4 Å². The van der Waals surface area contributed by atoms with Crippen molar-refractivity contribution in [2.75, 3.05) is 5.32 Å². The molecule has 2 bridgehead atoms. The second-order valence-electron chi connectivity index (χ2n) is 8.86. The first-order chi connectivity index (χ1) is 16.0. The summed E-state index contributed by atoms with van der Waals surface area (Å²) in [5.74, 6) is -9.44. The Bertz CT molecular complexity index is 1160. The van der Waals surface area contributed by atoms with E-state index < -0.39 is 58.8 Å². The number of hydrogen-bond donors (Lipinski definition) is 2. The van der Waals surface area contributed by atoms with Gasteiger partial charge >= 0.3 is 5.92 Å². The van der Waals surface area contributed by atoms with Gasteiger partial charge in [-0.05, 0) is 74.6 Å². The van der Waals surface area contributed by atoms with Crippen LogP contribution in [-0.2, 0) is 15.5 Å². The first-order valence-electron chi connectivity index (χ1n) is 10.9. The van der Waals surface area contributed by atoms with E-state index in [9.17, 15) is 23.2 Å². The second-order valence-corrected chi connectivity index (χ2v) is 8.86. The normalized spacial score (nSPS) is 21.9. The van der Waals surface area contributed by atoms with Crippen LogP contribution in [0.2, 0.25) is 0 Å². The van der Waals surface area contributed by atoms with Gasteiger partial charge in [0.15, 0.2) is 0 Å². The molecule has 0 aromatic heterocycles. The Morgan fingerprint density at radius 1 is 1.00 bits per heavy atom. The van der Waals surface area contributed by atoms with Crippen molar-refractivity contribution in [2.45, 2.75) is 50.6 Å². The molecule has 2 heterocycles. The highest BCUT2D eigenvalue weighted by Gasteiger charge is 2.53. The van der Waals surface area contributed by atoms with E-state index >= 15 is 8.78 Å². The van der Waals surface area contributed by atoms with Crippen molar-refractivity contribution in [1.82, 2.24) is 4.90 Å². The van der Waals surface area contributed by atoms with Gasteiger partial charge in [-0.15, -0.1) is 0 Å². The Morgan fingerprint density at radius 2 is 1.62 bits per heavy atom. The summed E-state index contributed by atoms with van der Waals surface area (Å²) >= 11 is 0. The molecule has 0 aliphatic carbocycles. The molecule has 2 aromatic carbocycles. The largest absolute Gasteiger partial charge is 0.369 e. The molecule has 0 spiro atoms. The average Bonchev–Trinajstić information content (AvgIpc) is 3.04. The van der Waals surface area contributed by atoms with Crippen LogP contribution in [0, 0.1) is 24.5 Å². The predicted octanol–water partition coefficient (Wildman–Crippen LogP) is 3.87. The van der Waals surface area contributed by atoms with Gasteiger partial charge in [0.25, 0.3) is 11.8 Å². The smallest absolute Gasteiger partial charge is 0.352 e. The molecule has 6 nitrogen and oxygen atoms in total. The lowest BCUT2D eigenvalue weighted by molar-refractivity contribution is -0.165. The summed E-state index contributed by atoms with van der Waals surface area (Å²) in [6.45, 7) is 1.49. The molecule has 34 heavy (non-hydrogen) atoms. The van der Waals surface area contributed by atoms with Crippen LogP contribution in [0.5, 0.6) is 0 Å². The molecule has 2 aliphatic rings. The van der Waals surface area contributed by atoms with Gasteiger partial charge in [-0.3, -0.25) is 14.4 Å². The number of rotatable bonds is 5. The predicted molar refractivity (Wildman–Crippen MR) is 115 cm³/mol. The lowest BCUT2D eigenvalue weighted by Crippen LogP contribution is -2.53. The molecule has 180 valence electrons. The van der Waals surface area contributed by atoms with Crippen LogP contribution in [0.25, 0.3) is 0 Å². The summed E-state index contributed by atoms with van der Waals surface area (Å²) in [6.07, 6.45) is 1.29. The van der Waals surface area contributed by atoms with Crippen LogP contribution in [0.15, 0.2) is 36.4 Å². The highest BCUT2D eigenvalue weighted by molar-refractivity contribution is 6.04. The fraction of sp³-hybridized carbons (Fsp3) is 0.375. The van der Waals surface area contributed by atoms with Crippen LogP contribution in [-0.4, -0.2) is 34.7 Å². The zero-order chi connectivity index (χ0) is 24.8. The summed E-state index contributed by atoms with van der Waals surface area (Å²) < 4.78 is 58.5. The lowest BCUT2D eigenvalue weighted by Gasteiger charge is -2.39.